The Kier molecular flexibility index (Phi) is 2.38. The van der Waals surface area contributed by atoms with Crippen LogP contribution in [0, 0.1) is 0 Å². The van der Waals surface area contributed by atoms with Crippen LogP contribution in [0.4, 0.5) is 18.9 Å². The fraction of sp³-hybridized carbons (Fsp3) is 0.222. The number of carbonyl (C=O) groups excluding carboxylic acids is 1. The Balaban J connectivity index is 2.53. The maximum absolute atomic E-state index is 12.6. The van der Waals surface area contributed by atoms with E-state index in [1.54, 1.807) is 0 Å². The molecule has 2 rings (SSSR count). The Labute approximate surface area is 87.9 Å². The topological polar surface area (TPSA) is 29.1 Å². The molecule has 1 aromatic carbocycles. The van der Waals surface area contributed by atoms with E-state index in [1.165, 1.54) is 12.1 Å². The molecule has 80 valence electrons. The van der Waals surface area contributed by atoms with E-state index in [1.807, 2.05) is 0 Å². The first-order chi connectivity index (χ1) is 6.98. The molecule has 0 aliphatic carbocycles. The number of nitrogens with one attached hydrogen (secondary N) is 1. The van der Waals surface area contributed by atoms with E-state index in [4.69, 9.17) is 0 Å². The molecule has 0 saturated heterocycles. The minimum atomic E-state index is -4.42. The summed E-state index contributed by atoms with van der Waals surface area (Å²) < 4.78 is 37.7. The van der Waals surface area contributed by atoms with Crippen LogP contribution in [0.3, 0.4) is 0 Å². The van der Waals surface area contributed by atoms with Gasteiger partial charge in [0.2, 0.25) is 5.12 Å². The molecule has 0 bridgehead atoms. The van der Waals surface area contributed by atoms with Crippen LogP contribution in [0.5, 0.6) is 0 Å². The number of anilines is 1. The van der Waals surface area contributed by atoms with Gasteiger partial charge in [-0.1, -0.05) is 6.07 Å². The Morgan fingerprint density at radius 3 is 2.73 bits per heavy atom. The van der Waals surface area contributed by atoms with Gasteiger partial charge in [0.05, 0.1) is 17.0 Å². The number of benzene rings is 1. The lowest BCUT2D eigenvalue weighted by atomic mass is 10.2. The lowest BCUT2D eigenvalue weighted by Gasteiger charge is -2.20. The van der Waals surface area contributed by atoms with Gasteiger partial charge in [0.15, 0.2) is 0 Å². The van der Waals surface area contributed by atoms with Gasteiger partial charge in [-0.2, -0.15) is 13.2 Å². The van der Waals surface area contributed by atoms with Crippen molar-refractivity contribution in [1.29, 1.82) is 0 Å². The largest absolute Gasteiger partial charge is 0.417 e. The molecule has 15 heavy (non-hydrogen) atoms. The number of carbonyl (C=O) groups is 1. The van der Waals surface area contributed by atoms with Gasteiger partial charge < -0.3 is 5.32 Å². The summed E-state index contributed by atoms with van der Waals surface area (Å²) in [7, 11) is 0. The van der Waals surface area contributed by atoms with E-state index in [-0.39, 0.29) is 16.6 Å². The highest BCUT2D eigenvalue weighted by Gasteiger charge is 2.36. The van der Waals surface area contributed by atoms with Crippen molar-refractivity contribution >= 4 is 22.6 Å². The number of alkyl halides is 3. The van der Waals surface area contributed by atoms with Crippen LogP contribution in [0.1, 0.15) is 5.56 Å². The number of rotatable bonds is 0. The number of thioether (sulfide) groups is 1. The average molecular weight is 233 g/mol. The zero-order chi connectivity index (χ0) is 11.1. The van der Waals surface area contributed by atoms with Gasteiger partial charge in [0.25, 0.3) is 0 Å². The second kappa shape index (κ2) is 3.44. The summed E-state index contributed by atoms with van der Waals surface area (Å²) in [6, 6.07) is 3.83. The molecule has 2 nitrogen and oxygen atoms in total. The quantitative estimate of drug-likeness (QED) is 0.747. The van der Waals surface area contributed by atoms with Gasteiger partial charge in [-0.15, -0.1) is 0 Å². The number of fused-ring (bicyclic) bond motifs is 1. The molecule has 0 amide bonds. The van der Waals surface area contributed by atoms with E-state index in [0.717, 1.165) is 6.07 Å². The van der Waals surface area contributed by atoms with Crippen molar-refractivity contribution in [3.8, 4) is 0 Å². The van der Waals surface area contributed by atoms with Crippen LogP contribution in [0.2, 0.25) is 0 Å². The summed E-state index contributed by atoms with van der Waals surface area (Å²) in [4.78, 5) is 11.0. The summed E-state index contributed by atoms with van der Waals surface area (Å²) in [5.74, 6) is 0. The van der Waals surface area contributed by atoms with Crippen LogP contribution in [0.15, 0.2) is 23.1 Å². The normalized spacial score (nSPS) is 15.8. The monoisotopic (exact) mass is 233 g/mol. The van der Waals surface area contributed by atoms with Crippen molar-refractivity contribution in [1.82, 2.24) is 0 Å². The maximum Gasteiger partial charge on any atom is 0.417 e. The first-order valence-electron chi connectivity index (χ1n) is 4.13. The van der Waals surface area contributed by atoms with Crippen molar-refractivity contribution in [2.24, 2.45) is 0 Å². The standard InChI is InChI=1S/C9H6F3NOS/c10-9(11,12)5-2-1-3-6-8(5)15-7(14)4-13-6/h1-3,13H,4H2. The summed E-state index contributed by atoms with van der Waals surface area (Å²) in [5.41, 5.74) is -0.389. The van der Waals surface area contributed by atoms with Crippen LogP contribution < -0.4 is 5.32 Å². The molecular formula is C9H6F3NOS. The number of hydrogen-bond donors (Lipinski definition) is 1. The molecule has 0 radical (unpaired) electrons. The second-order valence-corrected chi connectivity index (χ2v) is 4.08. The third kappa shape index (κ3) is 1.94. The van der Waals surface area contributed by atoms with Crippen molar-refractivity contribution in [2.45, 2.75) is 11.1 Å². The average Bonchev–Trinajstić information content (AvgIpc) is 2.15. The lowest BCUT2D eigenvalue weighted by molar-refractivity contribution is -0.139. The molecule has 0 spiro atoms. The Hall–Kier alpha value is -1.17. The summed E-state index contributed by atoms with van der Waals surface area (Å²) in [5, 5.41) is 2.35. The fourth-order valence-electron chi connectivity index (χ4n) is 1.33. The molecule has 1 aliphatic rings. The smallest absolute Gasteiger partial charge is 0.376 e. The molecule has 0 unspecified atom stereocenters. The molecule has 1 heterocycles. The summed E-state index contributed by atoms with van der Waals surface area (Å²) in [6.07, 6.45) is -4.42. The number of halogens is 3. The van der Waals surface area contributed by atoms with Crippen LogP contribution >= 0.6 is 11.8 Å². The molecule has 1 aliphatic heterocycles. The third-order valence-corrected chi connectivity index (χ3v) is 2.98. The molecule has 6 heteroatoms. The minimum Gasteiger partial charge on any atom is -0.376 e. The van der Waals surface area contributed by atoms with Crippen LogP contribution in [-0.2, 0) is 11.0 Å². The first kappa shape index (κ1) is 10.4. The Morgan fingerprint density at radius 1 is 1.33 bits per heavy atom. The van der Waals surface area contributed by atoms with E-state index in [2.05, 4.69) is 5.32 Å². The van der Waals surface area contributed by atoms with E-state index in [0.29, 0.717) is 17.4 Å². The molecule has 0 aromatic heterocycles. The van der Waals surface area contributed by atoms with Crippen LogP contribution in [-0.4, -0.2) is 11.7 Å². The van der Waals surface area contributed by atoms with Crippen LogP contribution in [0.25, 0.3) is 0 Å². The van der Waals surface area contributed by atoms with Gasteiger partial charge in [0.1, 0.15) is 0 Å². The molecule has 0 fully saturated rings. The molecule has 0 atom stereocenters. The Bertz CT molecular complexity index is 416. The maximum atomic E-state index is 12.6. The second-order valence-electron chi connectivity index (χ2n) is 3.01. The van der Waals surface area contributed by atoms with Gasteiger partial charge in [0, 0.05) is 5.69 Å². The first-order valence-corrected chi connectivity index (χ1v) is 4.95. The van der Waals surface area contributed by atoms with Crippen molar-refractivity contribution in [3.63, 3.8) is 0 Å². The zero-order valence-electron chi connectivity index (χ0n) is 7.39. The summed E-state index contributed by atoms with van der Waals surface area (Å²) >= 11 is 0.644. The van der Waals surface area contributed by atoms with E-state index >= 15 is 0 Å². The van der Waals surface area contributed by atoms with Gasteiger partial charge in [-0.3, -0.25) is 4.79 Å². The summed E-state index contributed by atoms with van der Waals surface area (Å²) in [6.45, 7) is 0.0684. The predicted molar refractivity (Wildman–Crippen MR) is 50.8 cm³/mol. The lowest BCUT2D eigenvalue weighted by Crippen LogP contribution is -2.19. The van der Waals surface area contributed by atoms with Gasteiger partial charge in [-0.05, 0) is 23.9 Å². The van der Waals surface area contributed by atoms with Crippen molar-refractivity contribution in [2.75, 3.05) is 11.9 Å². The molecule has 1 aromatic rings. The fourth-order valence-corrected chi connectivity index (χ4v) is 2.24. The highest BCUT2D eigenvalue weighted by atomic mass is 32.2. The zero-order valence-corrected chi connectivity index (χ0v) is 8.21. The highest BCUT2D eigenvalue weighted by Crippen LogP contribution is 2.42. The SMILES string of the molecule is O=C1CNc2cccc(C(F)(F)F)c2S1. The Morgan fingerprint density at radius 2 is 2.07 bits per heavy atom. The molecule has 0 saturated carbocycles. The van der Waals surface area contributed by atoms with Crippen molar-refractivity contribution < 1.29 is 18.0 Å². The van der Waals surface area contributed by atoms with E-state index in [9.17, 15) is 18.0 Å². The number of hydrogen-bond acceptors (Lipinski definition) is 3. The van der Waals surface area contributed by atoms with Gasteiger partial charge in [-0.25, -0.2) is 0 Å². The third-order valence-electron chi connectivity index (χ3n) is 1.96. The van der Waals surface area contributed by atoms with Gasteiger partial charge >= 0.3 is 6.18 Å². The van der Waals surface area contributed by atoms with Crippen molar-refractivity contribution in [3.05, 3.63) is 23.8 Å². The minimum absolute atomic E-state index is 0.0266. The predicted octanol–water partition coefficient (Wildman–Crippen LogP) is 2.75. The van der Waals surface area contributed by atoms with E-state index < -0.39 is 11.7 Å². The highest BCUT2D eigenvalue weighted by molar-refractivity contribution is 8.14. The molecular weight excluding hydrogens is 227 g/mol. The molecule has 1 N–H and O–H groups in total.